The minimum Gasteiger partial charge on any atom is -0.497 e. The van der Waals surface area contributed by atoms with Crippen LogP contribution in [0.4, 0.5) is 16.2 Å². The number of nitrogens with two attached hydrogens (primary N) is 1. The van der Waals surface area contributed by atoms with Gasteiger partial charge in [-0.15, -0.1) is 0 Å². The Labute approximate surface area is 116 Å². The molecule has 0 aliphatic heterocycles. The summed E-state index contributed by atoms with van der Waals surface area (Å²) in [5, 5.41) is 2.91. The molecule has 0 bridgehead atoms. The largest absolute Gasteiger partial charge is 0.497 e. The molecule has 1 aromatic carbocycles. The zero-order valence-corrected chi connectivity index (χ0v) is 11.1. The molecule has 7 heteroatoms. The quantitative estimate of drug-likeness (QED) is 0.549. The zero-order valence-electron chi connectivity index (χ0n) is 11.1. The predicted molar refractivity (Wildman–Crippen MR) is 75.0 cm³/mol. The minimum absolute atomic E-state index is 0.121. The first kappa shape index (κ1) is 14.0. The molecular formula is C13H16FN5O. The number of ether oxygens (including phenoxy) is 1. The second kappa shape index (κ2) is 6.67. The van der Waals surface area contributed by atoms with E-state index in [9.17, 15) is 4.39 Å². The average Bonchev–Trinajstić information content (AvgIpc) is 2.49. The average molecular weight is 277 g/mol. The van der Waals surface area contributed by atoms with Crippen LogP contribution in [-0.2, 0) is 6.42 Å². The van der Waals surface area contributed by atoms with Crippen LogP contribution in [0.2, 0.25) is 0 Å². The van der Waals surface area contributed by atoms with Crippen LogP contribution in [-0.4, -0.2) is 23.6 Å². The van der Waals surface area contributed by atoms with Crippen LogP contribution < -0.4 is 21.3 Å². The number of hydrazine groups is 1. The Morgan fingerprint density at radius 1 is 1.40 bits per heavy atom. The van der Waals surface area contributed by atoms with E-state index in [2.05, 4.69) is 20.7 Å². The van der Waals surface area contributed by atoms with Gasteiger partial charge in [-0.1, -0.05) is 12.1 Å². The predicted octanol–water partition coefficient (Wildman–Crippen LogP) is 1.56. The molecule has 2 aromatic rings. The first-order chi connectivity index (χ1) is 9.72. The number of anilines is 2. The Hall–Kier alpha value is -2.41. The highest BCUT2D eigenvalue weighted by molar-refractivity contribution is 5.40. The van der Waals surface area contributed by atoms with E-state index in [1.54, 1.807) is 7.11 Å². The van der Waals surface area contributed by atoms with Gasteiger partial charge in [-0.2, -0.15) is 4.98 Å². The van der Waals surface area contributed by atoms with Crippen LogP contribution in [0.25, 0.3) is 0 Å². The van der Waals surface area contributed by atoms with E-state index in [4.69, 9.17) is 10.6 Å². The number of nitrogens with zero attached hydrogens (tertiary/aromatic N) is 2. The topological polar surface area (TPSA) is 85.1 Å². The van der Waals surface area contributed by atoms with Gasteiger partial charge in [0.15, 0.2) is 11.6 Å². The first-order valence-electron chi connectivity index (χ1n) is 6.09. The second-order valence-electron chi connectivity index (χ2n) is 4.06. The minimum atomic E-state index is -0.519. The van der Waals surface area contributed by atoms with Crippen LogP contribution in [0.5, 0.6) is 5.75 Å². The van der Waals surface area contributed by atoms with E-state index in [-0.39, 0.29) is 11.8 Å². The number of nitrogen functional groups attached to an aromatic ring is 1. The fourth-order valence-electron chi connectivity index (χ4n) is 1.71. The van der Waals surface area contributed by atoms with Crippen LogP contribution in [0.1, 0.15) is 5.56 Å². The molecule has 0 saturated heterocycles. The first-order valence-corrected chi connectivity index (χ1v) is 6.09. The molecule has 0 saturated carbocycles. The molecule has 0 fully saturated rings. The summed E-state index contributed by atoms with van der Waals surface area (Å²) in [6.07, 6.45) is 1.78. The highest BCUT2D eigenvalue weighted by atomic mass is 19.1. The summed E-state index contributed by atoms with van der Waals surface area (Å²) < 4.78 is 18.6. The van der Waals surface area contributed by atoms with Crippen molar-refractivity contribution in [3.63, 3.8) is 0 Å². The molecule has 0 unspecified atom stereocenters. The van der Waals surface area contributed by atoms with Gasteiger partial charge in [-0.3, -0.25) is 5.43 Å². The number of nitrogens with one attached hydrogen (secondary N) is 2. The van der Waals surface area contributed by atoms with Gasteiger partial charge in [-0.05, 0) is 24.1 Å². The molecule has 4 N–H and O–H groups in total. The Morgan fingerprint density at radius 2 is 2.25 bits per heavy atom. The molecule has 0 aliphatic rings. The van der Waals surface area contributed by atoms with Crippen LogP contribution in [0, 0.1) is 5.82 Å². The van der Waals surface area contributed by atoms with Gasteiger partial charge in [-0.25, -0.2) is 15.2 Å². The van der Waals surface area contributed by atoms with Crippen molar-refractivity contribution in [2.24, 2.45) is 5.84 Å². The number of halogens is 1. The van der Waals surface area contributed by atoms with Crippen LogP contribution in [0.15, 0.2) is 30.5 Å². The third kappa shape index (κ3) is 3.55. The molecule has 106 valence electrons. The van der Waals surface area contributed by atoms with E-state index in [1.807, 2.05) is 24.3 Å². The van der Waals surface area contributed by atoms with Crippen molar-refractivity contribution in [3.8, 4) is 5.75 Å². The summed E-state index contributed by atoms with van der Waals surface area (Å²) in [4.78, 5) is 7.57. The van der Waals surface area contributed by atoms with Crippen molar-refractivity contribution in [1.82, 2.24) is 9.97 Å². The normalized spacial score (nSPS) is 10.2. The third-order valence-electron chi connectivity index (χ3n) is 2.71. The summed E-state index contributed by atoms with van der Waals surface area (Å²) in [6, 6.07) is 7.70. The molecule has 1 heterocycles. The summed E-state index contributed by atoms with van der Waals surface area (Å²) >= 11 is 0. The number of hydrogen-bond acceptors (Lipinski definition) is 6. The van der Waals surface area contributed by atoms with Crippen LogP contribution in [0.3, 0.4) is 0 Å². The number of hydrogen-bond donors (Lipinski definition) is 3. The van der Waals surface area contributed by atoms with Gasteiger partial charge in [0.1, 0.15) is 5.75 Å². The number of aromatic nitrogens is 2. The Morgan fingerprint density at radius 3 is 3.00 bits per heavy atom. The van der Waals surface area contributed by atoms with Crippen molar-refractivity contribution in [2.45, 2.75) is 6.42 Å². The molecule has 0 amide bonds. The van der Waals surface area contributed by atoms with Gasteiger partial charge < -0.3 is 10.1 Å². The molecule has 0 atom stereocenters. The third-order valence-corrected chi connectivity index (χ3v) is 2.71. The molecular weight excluding hydrogens is 261 g/mol. The van der Waals surface area contributed by atoms with Gasteiger partial charge in [0.2, 0.25) is 5.95 Å². The van der Waals surface area contributed by atoms with Crippen LogP contribution >= 0.6 is 0 Å². The maximum absolute atomic E-state index is 13.5. The second-order valence-corrected chi connectivity index (χ2v) is 4.06. The van der Waals surface area contributed by atoms with E-state index < -0.39 is 5.82 Å². The Kier molecular flexibility index (Phi) is 4.67. The fraction of sp³-hybridized carbons (Fsp3) is 0.231. The molecule has 1 aromatic heterocycles. The van der Waals surface area contributed by atoms with Crippen molar-refractivity contribution < 1.29 is 9.13 Å². The molecule has 0 spiro atoms. The smallest absolute Gasteiger partial charge is 0.239 e. The molecule has 0 radical (unpaired) electrons. The monoisotopic (exact) mass is 277 g/mol. The Balaban J connectivity index is 1.95. The van der Waals surface area contributed by atoms with Gasteiger partial charge in [0.05, 0.1) is 13.3 Å². The summed E-state index contributed by atoms with van der Waals surface area (Å²) in [5.41, 5.74) is 3.36. The molecule has 0 aliphatic carbocycles. The zero-order chi connectivity index (χ0) is 14.4. The van der Waals surface area contributed by atoms with E-state index in [0.29, 0.717) is 13.0 Å². The maximum atomic E-state index is 13.5. The van der Waals surface area contributed by atoms with Gasteiger partial charge in [0.25, 0.3) is 0 Å². The number of methoxy groups -OCH3 is 1. The van der Waals surface area contributed by atoms with E-state index in [1.165, 1.54) is 0 Å². The fourth-order valence-corrected chi connectivity index (χ4v) is 1.71. The lowest BCUT2D eigenvalue weighted by Crippen LogP contribution is -2.14. The lowest BCUT2D eigenvalue weighted by atomic mass is 10.1. The SMILES string of the molecule is COc1cccc(CCNc2nc(NN)ncc2F)c1. The molecule has 20 heavy (non-hydrogen) atoms. The van der Waals surface area contributed by atoms with Crippen molar-refractivity contribution >= 4 is 11.8 Å². The summed E-state index contributed by atoms with van der Waals surface area (Å²) in [7, 11) is 1.62. The number of rotatable bonds is 6. The standard InChI is InChI=1S/C13H16FN5O/c1-20-10-4-2-3-9(7-10)5-6-16-12-11(14)8-17-13(18-12)19-15/h2-4,7-8H,5-6,15H2,1H3,(H2,16,17,18,19). The number of benzene rings is 1. The van der Waals surface area contributed by atoms with Crippen molar-refractivity contribution in [2.75, 3.05) is 24.4 Å². The van der Waals surface area contributed by atoms with E-state index in [0.717, 1.165) is 17.5 Å². The Bertz CT molecular complexity index is 578. The molecule has 2 rings (SSSR count). The summed E-state index contributed by atoms with van der Waals surface area (Å²) in [5.74, 6) is 5.74. The highest BCUT2D eigenvalue weighted by Crippen LogP contribution is 2.14. The van der Waals surface area contributed by atoms with Crippen molar-refractivity contribution in [1.29, 1.82) is 0 Å². The van der Waals surface area contributed by atoms with Gasteiger partial charge in [0, 0.05) is 6.54 Å². The maximum Gasteiger partial charge on any atom is 0.239 e. The van der Waals surface area contributed by atoms with Gasteiger partial charge >= 0.3 is 0 Å². The highest BCUT2D eigenvalue weighted by Gasteiger charge is 2.05. The molecule has 6 nitrogen and oxygen atoms in total. The summed E-state index contributed by atoms with van der Waals surface area (Å²) in [6.45, 7) is 0.533. The lowest BCUT2D eigenvalue weighted by Gasteiger charge is -2.08. The van der Waals surface area contributed by atoms with Crippen molar-refractivity contribution in [3.05, 3.63) is 41.8 Å². The lowest BCUT2D eigenvalue weighted by molar-refractivity contribution is 0.414. The van der Waals surface area contributed by atoms with E-state index >= 15 is 0 Å².